The van der Waals surface area contributed by atoms with Crippen molar-refractivity contribution in [2.45, 2.75) is 40.0 Å². The lowest BCUT2D eigenvalue weighted by Crippen LogP contribution is -2.38. The molecule has 1 unspecified atom stereocenters. The molecule has 1 amide bonds. The van der Waals surface area contributed by atoms with Crippen molar-refractivity contribution >= 4 is 32.6 Å². The first-order valence-electron chi connectivity index (χ1n) is 7.75. The average Bonchev–Trinajstić information content (AvgIpc) is 2.89. The van der Waals surface area contributed by atoms with Gasteiger partial charge in [-0.1, -0.05) is 50.7 Å². The molecule has 2 aromatic rings. The second kappa shape index (κ2) is 7.20. The fourth-order valence-corrected chi connectivity index (χ4v) is 3.29. The Morgan fingerprint density at radius 1 is 1.36 bits per heavy atom. The van der Waals surface area contributed by atoms with E-state index in [2.05, 4.69) is 24.1 Å². The summed E-state index contributed by atoms with van der Waals surface area (Å²) in [4.78, 5) is 17.2. The number of amides is 1. The SMILES string of the molecule is CC(C)C(C)(CCCCO)C(=O)Nc1nc2ccccc2s1. The third-order valence-corrected chi connectivity index (χ3v) is 5.36. The molecule has 5 heteroatoms. The molecule has 1 atom stereocenters. The van der Waals surface area contributed by atoms with Crippen molar-refractivity contribution in [2.75, 3.05) is 11.9 Å². The molecule has 2 N–H and O–H groups in total. The van der Waals surface area contributed by atoms with Crippen molar-refractivity contribution in [1.29, 1.82) is 0 Å². The van der Waals surface area contributed by atoms with Gasteiger partial charge in [-0.15, -0.1) is 0 Å². The Morgan fingerprint density at radius 2 is 2.09 bits per heavy atom. The lowest BCUT2D eigenvalue weighted by atomic mass is 9.74. The largest absolute Gasteiger partial charge is 0.396 e. The first-order valence-corrected chi connectivity index (χ1v) is 8.57. The quantitative estimate of drug-likeness (QED) is 0.756. The number of unbranched alkanes of at least 4 members (excludes halogenated alkanes) is 1. The predicted molar refractivity (Wildman–Crippen MR) is 92.1 cm³/mol. The number of carbonyl (C=O) groups excluding carboxylic acids is 1. The van der Waals surface area contributed by atoms with E-state index < -0.39 is 5.41 Å². The number of fused-ring (bicyclic) bond motifs is 1. The Hall–Kier alpha value is -1.46. The molecular weight excluding hydrogens is 296 g/mol. The maximum atomic E-state index is 12.7. The van der Waals surface area contributed by atoms with E-state index in [1.807, 2.05) is 31.2 Å². The van der Waals surface area contributed by atoms with Crippen LogP contribution in [0.1, 0.15) is 40.0 Å². The second-order valence-corrected chi connectivity index (χ2v) is 7.22. The van der Waals surface area contributed by atoms with Crippen LogP contribution in [0, 0.1) is 11.3 Å². The fraction of sp³-hybridized carbons (Fsp3) is 0.529. The van der Waals surface area contributed by atoms with Gasteiger partial charge in [-0.25, -0.2) is 4.98 Å². The molecule has 0 bridgehead atoms. The Kier molecular flexibility index (Phi) is 5.53. The van der Waals surface area contributed by atoms with Gasteiger partial charge in [0.15, 0.2) is 5.13 Å². The Morgan fingerprint density at radius 3 is 2.73 bits per heavy atom. The molecule has 0 aliphatic heterocycles. The zero-order valence-corrected chi connectivity index (χ0v) is 14.2. The van der Waals surface area contributed by atoms with Crippen LogP contribution in [0.2, 0.25) is 0 Å². The molecule has 1 aromatic heterocycles. The van der Waals surface area contributed by atoms with E-state index in [9.17, 15) is 4.79 Å². The van der Waals surface area contributed by atoms with Gasteiger partial charge in [0.1, 0.15) is 0 Å². The third-order valence-electron chi connectivity index (χ3n) is 4.41. The van der Waals surface area contributed by atoms with Crippen molar-refractivity contribution in [3.05, 3.63) is 24.3 Å². The zero-order valence-electron chi connectivity index (χ0n) is 13.4. The summed E-state index contributed by atoms with van der Waals surface area (Å²) in [5, 5.41) is 12.6. The summed E-state index contributed by atoms with van der Waals surface area (Å²) in [6, 6.07) is 7.87. The number of nitrogens with one attached hydrogen (secondary N) is 1. The summed E-state index contributed by atoms with van der Waals surface area (Å²) >= 11 is 1.50. The molecular formula is C17H24N2O2S. The minimum Gasteiger partial charge on any atom is -0.396 e. The average molecular weight is 320 g/mol. The van der Waals surface area contributed by atoms with E-state index in [0.29, 0.717) is 5.13 Å². The number of benzene rings is 1. The van der Waals surface area contributed by atoms with Gasteiger partial charge < -0.3 is 10.4 Å². The standard InChI is InChI=1S/C17H24N2O2S/c1-12(2)17(3,10-6-7-11-20)15(21)19-16-18-13-8-4-5-9-14(13)22-16/h4-5,8-9,12,20H,6-7,10-11H2,1-3H3,(H,18,19,21). The van der Waals surface area contributed by atoms with Gasteiger partial charge in [-0.3, -0.25) is 4.79 Å². The first kappa shape index (κ1) is 16.9. The van der Waals surface area contributed by atoms with Crippen LogP contribution < -0.4 is 5.32 Å². The molecule has 4 nitrogen and oxygen atoms in total. The molecule has 120 valence electrons. The van der Waals surface area contributed by atoms with Crippen molar-refractivity contribution in [3.63, 3.8) is 0 Å². The molecule has 0 saturated heterocycles. The van der Waals surface area contributed by atoms with Crippen LogP contribution in [0.15, 0.2) is 24.3 Å². The summed E-state index contributed by atoms with van der Waals surface area (Å²) < 4.78 is 1.07. The number of aliphatic hydroxyl groups is 1. The highest BCUT2D eigenvalue weighted by Crippen LogP contribution is 2.35. The molecule has 22 heavy (non-hydrogen) atoms. The predicted octanol–water partition coefficient (Wildman–Crippen LogP) is 4.06. The number of para-hydroxylation sites is 1. The van der Waals surface area contributed by atoms with Crippen LogP contribution in [-0.4, -0.2) is 22.6 Å². The van der Waals surface area contributed by atoms with Crippen molar-refractivity contribution in [3.8, 4) is 0 Å². The summed E-state index contributed by atoms with van der Waals surface area (Å²) in [5.74, 6) is 0.236. The number of rotatable bonds is 7. The molecule has 1 aromatic carbocycles. The highest BCUT2D eigenvalue weighted by molar-refractivity contribution is 7.22. The topological polar surface area (TPSA) is 62.2 Å². The van der Waals surface area contributed by atoms with Crippen molar-refractivity contribution in [1.82, 2.24) is 4.98 Å². The zero-order chi connectivity index (χ0) is 16.2. The number of nitrogens with zero attached hydrogens (tertiary/aromatic N) is 1. The Balaban J connectivity index is 2.13. The molecule has 0 aliphatic carbocycles. The molecule has 0 spiro atoms. The Bertz CT molecular complexity index is 605. The highest BCUT2D eigenvalue weighted by Gasteiger charge is 2.36. The smallest absolute Gasteiger partial charge is 0.232 e. The minimum atomic E-state index is -0.451. The van der Waals surface area contributed by atoms with Crippen LogP contribution in [-0.2, 0) is 4.79 Å². The number of thiazole rings is 1. The van der Waals surface area contributed by atoms with Gasteiger partial charge in [0, 0.05) is 12.0 Å². The lowest BCUT2D eigenvalue weighted by molar-refractivity contribution is -0.127. The van der Waals surface area contributed by atoms with Crippen LogP contribution in [0.5, 0.6) is 0 Å². The number of aliphatic hydroxyl groups excluding tert-OH is 1. The maximum absolute atomic E-state index is 12.7. The van der Waals surface area contributed by atoms with Gasteiger partial charge >= 0.3 is 0 Å². The van der Waals surface area contributed by atoms with Crippen LogP contribution in [0.3, 0.4) is 0 Å². The second-order valence-electron chi connectivity index (χ2n) is 6.19. The van der Waals surface area contributed by atoms with Crippen molar-refractivity contribution < 1.29 is 9.90 Å². The van der Waals surface area contributed by atoms with Crippen molar-refractivity contribution in [2.24, 2.45) is 11.3 Å². The molecule has 0 fully saturated rings. The molecule has 0 aliphatic rings. The maximum Gasteiger partial charge on any atom is 0.232 e. The van der Waals surface area contributed by atoms with Gasteiger partial charge in [0.25, 0.3) is 0 Å². The molecule has 1 heterocycles. The highest BCUT2D eigenvalue weighted by atomic mass is 32.1. The van der Waals surface area contributed by atoms with Crippen LogP contribution in [0.4, 0.5) is 5.13 Å². The number of aromatic nitrogens is 1. The summed E-state index contributed by atoms with van der Waals surface area (Å²) in [6.45, 7) is 6.30. The van der Waals surface area contributed by atoms with Gasteiger partial charge in [0.05, 0.1) is 10.2 Å². The van der Waals surface area contributed by atoms with Gasteiger partial charge in [0.2, 0.25) is 5.91 Å². The van der Waals surface area contributed by atoms with E-state index in [1.54, 1.807) is 0 Å². The lowest BCUT2D eigenvalue weighted by Gasteiger charge is -2.32. The van der Waals surface area contributed by atoms with E-state index >= 15 is 0 Å². The third kappa shape index (κ3) is 3.65. The van der Waals surface area contributed by atoms with Crippen LogP contribution in [0.25, 0.3) is 10.2 Å². The molecule has 2 rings (SSSR count). The summed E-state index contributed by atoms with van der Waals surface area (Å²) in [6.07, 6.45) is 2.34. The number of carbonyl (C=O) groups is 1. The number of anilines is 1. The van der Waals surface area contributed by atoms with Gasteiger partial charge in [-0.05, 0) is 30.9 Å². The van der Waals surface area contributed by atoms with Gasteiger partial charge in [-0.2, -0.15) is 0 Å². The number of hydrogen-bond donors (Lipinski definition) is 2. The molecule has 0 saturated carbocycles. The number of hydrogen-bond acceptors (Lipinski definition) is 4. The minimum absolute atomic E-state index is 0.0134. The van der Waals surface area contributed by atoms with Crippen LogP contribution >= 0.6 is 11.3 Å². The van der Waals surface area contributed by atoms with E-state index in [1.165, 1.54) is 11.3 Å². The fourth-order valence-electron chi connectivity index (χ4n) is 2.43. The normalized spacial score (nSPS) is 14.2. The monoisotopic (exact) mass is 320 g/mol. The molecule has 0 radical (unpaired) electrons. The first-order chi connectivity index (χ1) is 10.5. The Labute approximate surface area is 135 Å². The van der Waals surface area contributed by atoms with E-state index in [4.69, 9.17) is 5.11 Å². The van der Waals surface area contributed by atoms with E-state index in [-0.39, 0.29) is 18.4 Å². The van der Waals surface area contributed by atoms with E-state index in [0.717, 1.165) is 29.5 Å². The summed E-state index contributed by atoms with van der Waals surface area (Å²) in [7, 11) is 0. The summed E-state index contributed by atoms with van der Waals surface area (Å²) in [5.41, 5.74) is 0.460.